The van der Waals surface area contributed by atoms with E-state index in [9.17, 15) is 9.18 Å². The van der Waals surface area contributed by atoms with E-state index in [0.29, 0.717) is 24.0 Å². The molecule has 1 aromatic heterocycles. The van der Waals surface area contributed by atoms with Gasteiger partial charge in [0.25, 0.3) is 5.91 Å². The van der Waals surface area contributed by atoms with Gasteiger partial charge in [-0.25, -0.2) is 4.39 Å². The molecule has 0 unspecified atom stereocenters. The van der Waals surface area contributed by atoms with Crippen molar-refractivity contribution < 1.29 is 9.18 Å². The molecule has 130 valence electrons. The molecule has 2 N–H and O–H groups in total. The lowest BCUT2D eigenvalue weighted by Gasteiger charge is -2.12. The van der Waals surface area contributed by atoms with Crippen molar-refractivity contribution in [3.05, 3.63) is 58.9 Å². The standard InChI is InChI=1S/C20H19BFN3O/c1-23-10-12-2-4-13(5-3-12)19-15-6-7-24-20(26)16-8-14(22)9-17(18(15)16)25(19)11-21/h2-5,8-9,23H,6-7,10-11H2,1H3,(H,24,26). The van der Waals surface area contributed by atoms with Crippen molar-refractivity contribution in [3.63, 3.8) is 0 Å². The highest BCUT2D eigenvalue weighted by molar-refractivity contribution is 6.12. The first-order valence-electron chi connectivity index (χ1n) is 8.71. The Morgan fingerprint density at radius 3 is 2.73 bits per heavy atom. The lowest BCUT2D eigenvalue weighted by Crippen LogP contribution is -2.24. The fraction of sp³-hybridized carbons (Fsp3) is 0.250. The predicted molar refractivity (Wildman–Crippen MR) is 102 cm³/mol. The second-order valence-corrected chi connectivity index (χ2v) is 6.52. The Morgan fingerprint density at radius 1 is 1.27 bits per heavy atom. The fourth-order valence-corrected chi connectivity index (χ4v) is 3.85. The highest BCUT2D eigenvalue weighted by Gasteiger charge is 2.25. The van der Waals surface area contributed by atoms with Crippen LogP contribution in [-0.2, 0) is 19.4 Å². The van der Waals surface area contributed by atoms with Gasteiger partial charge in [0.05, 0.1) is 24.6 Å². The van der Waals surface area contributed by atoms with Crippen LogP contribution < -0.4 is 10.6 Å². The summed E-state index contributed by atoms with van der Waals surface area (Å²) in [4.78, 5) is 12.4. The third-order valence-corrected chi connectivity index (χ3v) is 4.93. The minimum atomic E-state index is -0.431. The van der Waals surface area contributed by atoms with Gasteiger partial charge in [0.1, 0.15) is 5.82 Å². The second kappa shape index (κ2) is 6.61. The topological polar surface area (TPSA) is 46.1 Å². The van der Waals surface area contributed by atoms with E-state index in [2.05, 4.69) is 34.9 Å². The highest BCUT2D eigenvalue weighted by atomic mass is 19.1. The molecule has 2 heterocycles. The Hall–Kier alpha value is -2.60. The molecule has 6 heteroatoms. The van der Waals surface area contributed by atoms with E-state index in [1.807, 2.05) is 11.6 Å². The first-order chi connectivity index (χ1) is 12.6. The van der Waals surface area contributed by atoms with E-state index in [1.165, 1.54) is 17.7 Å². The molecule has 4 rings (SSSR count). The Balaban J connectivity index is 2.01. The van der Waals surface area contributed by atoms with E-state index in [0.717, 1.165) is 28.8 Å². The number of hydrogen-bond acceptors (Lipinski definition) is 2. The van der Waals surface area contributed by atoms with Gasteiger partial charge < -0.3 is 15.2 Å². The zero-order chi connectivity index (χ0) is 18.3. The van der Waals surface area contributed by atoms with Gasteiger partial charge >= 0.3 is 0 Å². The minimum absolute atomic E-state index is 0.217. The maximum atomic E-state index is 14.2. The van der Waals surface area contributed by atoms with Gasteiger partial charge in [-0.2, -0.15) is 0 Å². The number of rotatable bonds is 4. The summed E-state index contributed by atoms with van der Waals surface area (Å²) >= 11 is 0. The number of nitrogens with one attached hydrogen (secondary N) is 2. The molecule has 4 nitrogen and oxygen atoms in total. The third-order valence-electron chi connectivity index (χ3n) is 4.93. The number of aromatic nitrogens is 1. The van der Waals surface area contributed by atoms with Crippen LogP contribution in [-0.4, -0.2) is 31.9 Å². The maximum absolute atomic E-state index is 14.2. The van der Waals surface area contributed by atoms with Crippen LogP contribution in [0.15, 0.2) is 36.4 Å². The first-order valence-corrected chi connectivity index (χ1v) is 8.71. The summed E-state index contributed by atoms with van der Waals surface area (Å²) in [5.41, 5.74) is 5.25. The molecule has 0 aliphatic carbocycles. The van der Waals surface area contributed by atoms with E-state index in [-0.39, 0.29) is 12.4 Å². The molecule has 2 aromatic carbocycles. The van der Waals surface area contributed by atoms with Crippen LogP contribution >= 0.6 is 0 Å². The molecule has 3 aromatic rings. The largest absolute Gasteiger partial charge is 0.352 e. The summed E-state index contributed by atoms with van der Waals surface area (Å²) in [6.07, 6.45) is 0.899. The van der Waals surface area contributed by atoms with Crippen molar-refractivity contribution in [1.82, 2.24) is 15.2 Å². The summed E-state index contributed by atoms with van der Waals surface area (Å²) < 4.78 is 16.1. The van der Waals surface area contributed by atoms with Crippen LogP contribution in [0.25, 0.3) is 22.2 Å². The number of carbonyl (C=O) groups excluding carboxylic acids is 1. The van der Waals surface area contributed by atoms with Crippen molar-refractivity contribution in [2.75, 3.05) is 13.6 Å². The van der Waals surface area contributed by atoms with Crippen molar-refractivity contribution in [2.24, 2.45) is 0 Å². The smallest absolute Gasteiger partial charge is 0.252 e. The quantitative estimate of drug-likeness (QED) is 0.713. The van der Waals surface area contributed by atoms with Gasteiger partial charge in [-0.05, 0) is 48.7 Å². The first kappa shape index (κ1) is 16.9. The van der Waals surface area contributed by atoms with Crippen LogP contribution in [0.1, 0.15) is 21.5 Å². The lowest BCUT2D eigenvalue weighted by atomic mass is 9.99. The average molecular weight is 347 g/mol. The molecule has 0 saturated heterocycles. The molecule has 1 aliphatic heterocycles. The number of carbonyl (C=O) groups is 1. The Kier molecular flexibility index (Phi) is 4.28. The number of amides is 1. The van der Waals surface area contributed by atoms with Crippen LogP contribution in [0.3, 0.4) is 0 Å². The molecular formula is C20H19BFN3O. The van der Waals surface area contributed by atoms with Gasteiger partial charge in [-0.3, -0.25) is 4.79 Å². The molecule has 1 amide bonds. The van der Waals surface area contributed by atoms with E-state index < -0.39 is 5.82 Å². The summed E-state index contributed by atoms with van der Waals surface area (Å²) in [6, 6.07) is 11.0. The molecular weight excluding hydrogens is 328 g/mol. The second-order valence-electron chi connectivity index (χ2n) is 6.52. The van der Waals surface area contributed by atoms with Crippen LogP contribution in [0, 0.1) is 5.82 Å². The predicted octanol–water partition coefficient (Wildman–Crippen LogP) is 2.58. The number of halogens is 1. The van der Waals surface area contributed by atoms with E-state index >= 15 is 0 Å². The van der Waals surface area contributed by atoms with Crippen molar-refractivity contribution >= 4 is 24.7 Å². The Bertz CT molecular complexity index is 995. The number of benzene rings is 2. The Labute approximate surface area is 152 Å². The van der Waals surface area contributed by atoms with E-state index in [4.69, 9.17) is 7.85 Å². The van der Waals surface area contributed by atoms with Crippen LogP contribution in [0.5, 0.6) is 0 Å². The van der Waals surface area contributed by atoms with E-state index in [1.54, 1.807) is 0 Å². The lowest BCUT2D eigenvalue weighted by molar-refractivity contribution is 0.0957. The third kappa shape index (κ3) is 2.61. The fourth-order valence-electron chi connectivity index (χ4n) is 3.85. The summed E-state index contributed by atoms with van der Waals surface area (Å²) in [6.45, 7) is 1.31. The SMILES string of the molecule is [B]Cn1c(-c2ccc(CNC)cc2)c2c3c(cc(F)cc31)C(=O)NCC2. The molecule has 2 radical (unpaired) electrons. The number of nitrogens with zero attached hydrogens (tertiary/aromatic N) is 1. The normalized spacial score (nSPS) is 13.7. The molecule has 0 atom stereocenters. The van der Waals surface area contributed by atoms with Gasteiger partial charge in [0, 0.05) is 18.5 Å². The summed E-state index contributed by atoms with van der Waals surface area (Å²) in [5.74, 6) is -0.669. The van der Waals surface area contributed by atoms with Crippen LogP contribution in [0.2, 0.25) is 0 Å². The molecule has 1 aliphatic rings. The minimum Gasteiger partial charge on any atom is -0.352 e. The van der Waals surface area contributed by atoms with Crippen LogP contribution in [0.4, 0.5) is 4.39 Å². The molecule has 0 bridgehead atoms. The maximum Gasteiger partial charge on any atom is 0.252 e. The molecule has 0 spiro atoms. The summed E-state index contributed by atoms with van der Waals surface area (Å²) in [7, 11) is 7.93. The molecule has 0 fully saturated rings. The van der Waals surface area contributed by atoms with Crippen molar-refractivity contribution in [1.29, 1.82) is 0 Å². The average Bonchev–Trinajstić information content (AvgIpc) is 2.85. The zero-order valence-corrected chi connectivity index (χ0v) is 14.6. The highest BCUT2D eigenvalue weighted by Crippen LogP contribution is 2.37. The van der Waals surface area contributed by atoms with Gasteiger partial charge in [-0.15, -0.1) is 0 Å². The molecule has 26 heavy (non-hydrogen) atoms. The van der Waals surface area contributed by atoms with Gasteiger partial charge in [-0.1, -0.05) is 24.3 Å². The number of hydrogen-bond donors (Lipinski definition) is 2. The zero-order valence-electron chi connectivity index (χ0n) is 14.6. The monoisotopic (exact) mass is 347 g/mol. The van der Waals surface area contributed by atoms with Crippen molar-refractivity contribution in [3.8, 4) is 11.3 Å². The van der Waals surface area contributed by atoms with Gasteiger partial charge in [0.2, 0.25) is 0 Å². The molecule has 0 saturated carbocycles. The summed E-state index contributed by atoms with van der Waals surface area (Å²) in [5, 5.41) is 6.79. The van der Waals surface area contributed by atoms with Crippen molar-refractivity contribution in [2.45, 2.75) is 19.4 Å². The van der Waals surface area contributed by atoms with Gasteiger partial charge in [0.15, 0.2) is 0 Å². The Morgan fingerprint density at radius 2 is 2.04 bits per heavy atom.